The Hall–Kier alpha value is -0.280. The van der Waals surface area contributed by atoms with E-state index >= 15 is 0 Å². The Labute approximate surface area is 98.8 Å². The van der Waals surface area contributed by atoms with E-state index in [0.29, 0.717) is 5.41 Å². The standard InChI is InChI=1S/C11H23NO2.ClH/c1-11(2,3)7-5-4-6-9(12)8-10(13)14;/h9H,4-8,12H2,1-3H3,(H,13,14);1H. The van der Waals surface area contributed by atoms with Gasteiger partial charge in [-0.05, 0) is 18.3 Å². The van der Waals surface area contributed by atoms with Gasteiger partial charge in [-0.25, -0.2) is 0 Å². The number of hydrogen-bond acceptors (Lipinski definition) is 2. The van der Waals surface area contributed by atoms with Crippen molar-refractivity contribution >= 4 is 18.4 Å². The molecule has 0 aliphatic heterocycles. The van der Waals surface area contributed by atoms with Crippen LogP contribution in [0.4, 0.5) is 0 Å². The van der Waals surface area contributed by atoms with Crippen LogP contribution in [0.2, 0.25) is 0 Å². The second-order valence-electron chi connectivity index (χ2n) is 5.16. The summed E-state index contributed by atoms with van der Waals surface area (Å²) in [6.45, 7) is 6.64. The van der Waals surface area contributed by atoms with Gasteiger partial charge in [-0.3, -0.25) is 4.79 Å². The van der Waals surface area contributed by atoms with Crippen molar-refractivity contribution in [2.24, 2.45) is 11.1 Å². The van der Waals surface area contributed by atoms with Gasteiger partial charge in [0.25, 0.3) is 0 Å². The molecule has 4 heteroatoms. The summed E-state index contributed by atoms with van der Waals surface area (Å²) in [4.78, 5) is 10.3. The monoisotopic (exact) mass is 237 g/mol. The van der Waals surface area contributed by atoms with Gasteiger partial charge in [-0.1, -0.05) is 33.6 Å². The Balaban J connectivity index is 0. The summed E-state index contributed by atoms with van der Waals surface area (Å²) in [6.07, 6.45) is 4.26. The minimum Gasteiger partial charge on any atom is -0.481 e. The summed E-state index contributed by atoms with van der Waals surface area (Å²) in [7, 11) is 0. The summed E-state index contributed by atoms with van der Waals surface area (Å²) in [5.74, 6) is -0.798. The van der Waals surface area contributed by atoms with Crippen LogP contribution in [0.5, 0.6) is 0 Å². The highest BCUT2D eigenvalue weighted by Crippen LogP contribution is 2.22. The van der Waals surface area contributed by atoms with Crippen molar-refractivity contribution in [3.05, 3.63) is 0 Å². The molecule has 92 valence electrons. The minimum absolute atomic E-state index is 0. The van der Waals surface area contributed by atoms with E-state index in [1.165, 1.54) is 6.42 Å². The first-order valence-electron chi connectivity index (χ1n) is 5.28. The van der Waals surface area contributed by atoms with E-state index < -0.39 is 5.97 Å². The lowest BCUT2D eigenvalue weighted by molar-refractivity contribution is -0.137. The topological polar surface area (TPSA) is 63.3 Å². The third-order valence-electron chi connectivity index (χ3n) is 2.19. The molecule has 0 fully saturated rings. The maximum Gasteiger partial charge on any atom is 0.304 e. The molecular weight excluding hydrogens is 214 g/mol. The summed E-state index contributed by atoms with van der Waals surface area (Å²) in [5.41, 5.74) is 6.02. The Morgan fingerprint density at radius 3 is 2.27 bits per heavy atom. The number of unbranched alkanes of at least 4 members (excludes halogenated alkanes) is 1. The molecule has 0 bridgehead atoms. The predicted octanol–water partition coefficient (Wildman–Crippen LogP) is 2.82. The average molecular weight is 238 g/mol. The van der Waals surface area contributed by atoms with Crippen molar-refractivity contribution in [1.82, 2.24) is 0 Å². The smallest absolute Gasteiger partial charge is 0.304 e. The first-order valence-corrected chi connectivity index (χ1v) is 5.28. The van der Waals surface area contributed by atoms with Crippen molar-refractivity contribution < 1.29 is 9.90 Å². The van der Waals surface area contributed by atoms with E-state index in [9.17, 15) is 4.79 Å². The first-order chi connectivity index (χ1) is 6.31. The molecule has 0 heterocycles. The zero-order valence-corrected chi connectivity index (χ0v) is 10.8. The van der Waals surface area contributed by atoms with Crippen LogP contribution in [0, 0.1) is 5.41 Å². The molecule has 3 nitrogen and oxygen atoms in total. The first kappa shape index (κ1) is 17.1. The number of carboxylic acid groups (broad SMARTS) is 1. The molecule has 0 aromatic carbocycles. The highest BCUT2D eigenvalue weighted by atomic mass is 35.5. The number of nitrogens with two attached hydrogens (primary N) is 1. The number of halogens is 1. The second-order valence-corrected chi connectivity index (χ2v) is 5.16. The number of hydrogen-bond donors (Lipinski definition) is 2. The average Bonchev–Trinajstić information content (AvgIpc) is 1.95. The van der Waals surface area contributed by atoms with Crippen LogP contribution in [0.25, 0.3) is 0 Å². The molecule has 3 N–H and O–H groups in total. The molecule has 0 spiro atoms. The largest absolute Gasteiger partial charge is 0.481 e. The molecule has 0 aromatic heterocycles. The maximum atomic E-state index is 10.3. The Morgan fingerprint density at radius 2 is 1.87 bits per heavy atom. The van der Waals surface area contributed by atoms with Gasteiger partial charge in [0.2, 0.25) is 0 Å². The molecular formula is C11H24ClNO2. The van der Waals surface area contributed by atoms with E-state index in [0.717, 1.165) is 19.3 Å². The molecule has 1 unspecified atom stereocenters. The molecule has 0 saturated carbocycles. The molecule has 0 rings (SSSR count). The fourth-order valence-electron chi connectivity index (χ4n) is 1.39. The van der Waals surface area contributed by atoms with Crippen LogP contribution in [0.15, 0.2) is 0 Å². The Morgan fingerprint density at radius 1 is 1.33 bits per heavy atom. The molecule has 15 heavy (non-hydrogen) atoms. The number of carboxylic acids is 1. The molecule has 0 aliphatic rings. The summed E-state index contributed by atoms with van der Waals surface area (Å²) >= 11 is 0. The Kier molecular flexibility index (Phi) is 9.07. The summed E-state index contributed by atoms with van der Waals surface area (Å²) in [6, 6.07) is -0.174. The van der Waals surface area contributed by atoms with E-state index in [2.05, 4.69) is 20.8 Å². The quantitative estimate of drug-likeness (QED) is 0.699. The summed E-state index contributed by atoms with van der Waals surface area (Å²) < 4.78 is 0. The van der Waals surface area contributed by atoms with Crippen LogP contribution in [-0.2, 0) is 4.79 Å². The van der Waals surface area contributed by atoms with Crippen LogP contribution in [0.1, 0.15) is 52.9 Å². The molecule has 0 saturated heterocycles. The van der Waals surface area contributed by atoms with Crippen LogP contribution in [0.3, 0.4) is 0 Å². The molecule has 0 aliphatic carbocycles. The van der Waals surface area contributed by atoms with Crippen LogP contribution in [-0.4, -0.2) is 17.1 Å². The Bertz CT molecular complexity index is 178. The summed E-state index contributed by atoms with van der Waals surface area (Å²) in [5, 5.41) is 8.49. The zero-order chi connectivity index (χ0) is 11.2. The van der Waals surface area contributed by atoms with Crippen molar-refractivity contribution in [3.63, 3.8) is 0 Å². The lowest BCUT2D eigenvalue weighted by Crippen LogP contribution is -2.23. The molecule has 0 radical (unpaired) electrons. The van der Waals surface area contributed by atoms with Crippen molar-refractivity contribution in [3.8, 4) is 0 Å². The third-order valence-corrected chi connectivity index (χ3v) is 2.19. The van der Waals surface area contributed by atoms with E-state index in [-0.39, 0.29) is 24.9 Å². The van der Waals surface area contributed by atoms with E-state index in [1.807, 2.05) is 0 Å². The van der Waals surface area contributed by atoms with Gasteiger partial charge < -0.3 is 10.8 Å². The van der Waals surface area contributed by atoms with Gasteiger partial charge in [0.1, 0.15) is 0 Å². The predicted molar refractivity (Wildman–Crippen MR) is 65.4 cm³/mol. The second kappa shape index (κ2) is 7.94. The van der Waals surface area contributed by atoms with Crippen molar-refractivity contribution in [1.29, 1.82) is 0 Å². The van der Waals surface area contributed by atoms with Gasteiger partial charge in [-0.15, -0.1) is 12.4 Å². The normalized spacial score (nSPS) is 13.1. The van der Waals surface area contributed by atoms with Gasteiger partial charge in [0, 0.05) is 6.04 Å². The number of rotatable bonds is 6. The SMILES string of the molecule is CC(C)(C)CCCCC(N)CC(=O)O.Cl. The minimum atomic E-state index is -0.798. The maximum absolute atomic E-state index is 10.3. The molecule has 0 aromatic rings. The molecule has 1 atom stereocenters. The zero-order valence-electron chi connectivity index (χ0n) is 9.95. The highest BCUT2D eigenvalue weighted by molar-refractivity contribution is 5.85. The highest BCUT2D eigenvalue weighted by Gasteiger charge is 2.11. The van der Waals surface area contributed by atoms with Gasteiger partial charge in [0.15, 0.2) is 0 Å². The van der Waals surface area contributed by atoms with Gasteiger partial charge in [0.05, 0.1) is 6.42 Å². The lowest BCUT2D eigenvalue weighted by atomic mass is 9.89. The van der Waals surface area contributed by atoms with Crippen LogP contribution >= 0.6 is 12.4 Å². The third kappa shape index (κ3) is 13.7. The fraction of sp³-hybridized carbons (Fsp3) is 0.909. The number of carbonyl (C=O) groups is 1. The van der Waals surface area contributed by atoms with E-state index in [4.69, 9.17) is 10.8 Å². The van der Waals surface area contributed by atoms with Crippen molar-refractivity contribution in [2.75, 3.05) is 0 Å². The van der Waals surface area contributed by atoms with Gasteiger partial charge >= 0.3 is 5.97 Å². The van der Waals surface area contributed by atoms with Gasteiger partial charge in [-0.2, -0.15) is 0 Å². The van der Waals surface area contributed by atoms with E-state index in [1.54, 1.807) is 0 Å². The van der Waals surface area contributed by atoms with Crippen LogP contribution < -0.4 is 5.73 Å². The lowest BCUT2D eigenvalue weighted by Gasteiger charge is -2.18. The fourth-order valence-corrected chi connectivity index (χ4v) is 1.39. The molecule has 0 amide bonds. The van der Waals surface area contributed by atoms with Crippen molar-refractivity contribution in [2.45, 2.75) is 58.9 Å². The number of aliphatic carboxylic acids is 1.